The normalized spacial score (nSPS) is 15.0. The van der Waals surface area contributed by atoms with E-state index < -0.39 is 12.1 Å². The van der Waals surface area contributed by atoms with Gasteiger partial charge < -0.3 is 25.4 Å². The largest absolute Gasteiger partial charge is 0.493 e. The molecule has 3 aromatic carbocycles. The number of nitrogens with one attached hydrogen (secondary N) is 1. The highest BCUT2D eigenvalue weighted by Crippen LogP contribution is 2.37. The molecule has 1 aliphatic rings. The van der Waals surface area contributed by atoms with Crippen molar-refractivity contribution in [1.29, 1.82) is 0 Å². The van der Waals surface area contributed by atoms with E-state index in [1.54, 1.807) is 12.1 Å². The number of nitrogens with two attached hydrogens (primary N) is 1. The molecule has 0 aromatic heterocycles. The number of nitrogens with zero attached hydrogens (tertiary/aromatic N) is 1. The Labute approximate surface area is 186 Å². The molecule has 32 heavy (non-hydrogen) atoms. The number of carbonyl (C=O) groups excluding carboxylic acids is 2. The zero-order chi connectivity index (χ0) is 22.5. The van der Waals surface area contributed by atoms with Crippen molar-refractivity contribution in [2.45, 2.75) is 12.6 Å². The quantitative estimate of drug-likeness (QED) is 0.570. The van der Waals surface area contributed by atoms with Crippen LogP contribution in [0.4, 0.5) is 5.69 Å². The Balaban J connectivity index is 1.68. The maximum absolute atomic E-state index is 13.4. The van der Waals surface area contributed by atoms with Gasteiger partial charge in [-0.2, -0.15) is 0 Å². The van der Waals surface area contributed by atoms with Crippen LogP contribution in [0.2, 0.25) is 0 Å². The van der Waals surface area contributed by atoms with Crippen molar-refractivity contribution in [2.24, 2.45) is 5.73 Å². The minimum atomic E-state index is -0.582. The third kappa shape index (κ3) is 4.51. The van der Waals surface area contributed by atoms with E-state index in [2.05, 4.69) is 5.32 Å². The first-order valence-electron chi connectivity index (χ1n) is 10.4. The number of ether oxygens (including phenoxy) is 2. The van der Waals surface area contributed by atoms with Crippen LogP contribution in [0.3, 0.4) is 0 Å². The lowest BCUT2D eigenvalue weighted by atomic mass is 10.0. The summed E-state index contributed by atoms with van der Waals surface area (Å²) in [5, 5.41) is 3.48. The first kappa shape index (κ1) is 21.2. The number of anilines is 1. The number of para-hydroxylation sites is 1. The number of methoxy groups -OCH3 is 1. The van der Waals surface area contributed by atoms with Crippen LogP contribution < -0.4 is 20.5 Å². The van der Waals surface area contributed by atoms with E-state index in [1.165, 1.54) is 7.11 Å². The molecule has 164 valence electrons. The predicted molar refractivity (Wildman–Crippen MR) is 122 cm³/mol. The van der Waals surface area contributed by atoms with Gasteiger partial charge in [0, 0.05) is 12.2 Å². The Morgan fingerprint density at radius 2 is 1.78 bits per heavy atom. The van der Waals surface area contributed by atoms with Crippen LogP contribution in [-0.4, -0.2) is 37.0 Å². The number of amides is 2. The van der Waals surface area contributed by atoms with Gasteiger partial charge in [-0.15, -0.1) is 0 Å². The summed E-state index contributed by atoms with van der Waals surface area (Å²) in [5.74, 6) is 0.242. The monoisotopic (exact) mass is 431 g/mol. The van der Waals surface area contributed by atoms with E-state index in [4.69, 9.17) is 15.2 Å². The smallest absolute Gasteiger partial charge is 0.257 e. The molecule has 1 aliphatic heterocycles. The van der Waals surface area contributed by atoms with Crippen LogP contribution in [0.1, 0.15) is 27.7 Å². The van der Waals surface area contributed by atoms with Gasteiger partial charge in [0.05, 0.1) is 12.7 Å². The van der Waals surface area contributed by atoms with E-state index in [1.807, 2.05) is 65.6 Å². The number of fused-ring (bicyclic) bond motifs is 1. The Morgan fingerprint density at radius 1 is 1.03 bits per heavy atom. The number of hydrogen-bond acceptors (Lipinski definition) is 5. The molecule has 3 aromatic rings. The zero-order valence-electron chi connectivity index (χ0n) is 17.8. The second kappa shape index (κ2) is 9.43. The molecule has 1 heterocycles. The highest BCUT2D eigenvalue weighted by Gasteiger charge is 2.33. The zero-order valence-corrected chi connectivity index (χ0v) is 17.8. The summed E-state index contributed by atoms with van der Waals surface area (Å²) >= 11 is 0. The molecular weight excluding hydrogens is 406 g/mol. The number of carbonyl (C=O) groups is 2. The number of primary amides is 1. The molecule has 1 unspecified atom stereocenters. The fraction of sp³-hybridized carbons (Fsp3) is 0.200. The van der Waals surface area contributed by atoms with Gasteiger partial charge in [0.1, 0.15) is 6.17 Å². The summed E-state index contributed by atoms with van der Waals surface area (Å²) in [6.45, 7) is 0.260. The predicted octanol–water partition coefficient (Wildman–Crippen LogP) is 3.37. The Bertz CT molecular complexity index is 1120. The molecule has 0 saturated carbocycles. The number of hydrogen-bond donors (Lipinski definition) is 2. The molecule has 0 saturated heterocycles. The van der Waals surface area contributed by atoms with E-state index in [0.717, 1.165) is 16.8 Å². The standard InChI is InChI=1S/C25H25N3O4/c1-31-21-12-11-18(15-22(21)32-16-23(26)29)24-27-20-10-6-5-9-19(20)25(30)28(24)14-13-17-7-3-2-4-8-17/h2-12,15,24,27H,13-14,16H2,1H3,(H2,26,29). The van der Waals surface area contributed by atoms with Gasteiger partial charge in [-0.25, -0.2) is 0 Å². The van der Waals surface area contributed by atoms with Gasteiger partial charge in [0.2, 0.25) is 0 Å². The van der Waals surface area contributed by atoms with Gasteiger partial charge in [-0.3, -0.25) is 9.59 Å². The van der Waals surface area contributed by atoms with Crippen molar-refractivity contribution in [3.8, 4) is 11.5 Å². The van der Waals surface area contributed by atoms with E-state index in [-0.39, 0.29) is 12.5 Å². The minimum absolute atomic E-state index is 0.0456. The molecular formula is C25H25N3O4. The molecule has 7 heteroatoms. The fourth-order valence-electron chi connectivity index (χ4n) is 3.81. The van der Waals surface area contributed by atoms with Gasteiger partial charge in [-0.05, 0) is 41.8 Å². The maximum Gasteiger partial charge on any atom is 0.257 e. The second-order valence-corrected chi connectivity index (χ2v) is 7.49. The van der Waals surface area contributed by atoms with Crippen molar-refractivity contribution in [3.05, 3.63) is 89.5 Å². The van der Waals surface area contributed by atoms with E-state index in [0.29, 0.717) is 30.0 Å². The van der Waals surface area contributed by atoms with Crippen LogP contribution in [0, 0.1) is 0 Å². The lowest BCUT2D eigenvalue weighted by Crippen LogP contribution is -2.44. The molecule has 0 spiro atoms. The molecule has 0 fully saturated rings. The molecule has 4 rings (SSSR count). The van der Waals surface area contributed by atoms with Crippen molar-refractivity contribution >= 4 is 17.5 Å². The van der Waals surface area contributed by atoms with Gasteiger partial charge in [-0.1, -0.05) is 48.5 Å². The third-order valence-electron chi connectivity index (χ3n) is 5.38. The van der Waals surface area contributed by atoms with Crippen molar-refractivity contribution in [3.63, 3.8) is 0 Å². The van der Waals surface area contributed by atoms with Crippen LogP contribution in [-0.2, 0) is 11.2 Å². The Kier molecular flexibility index (Phi) is 6.26. The molecule has 3 N–H and O–H groups in total. The summed E-state index contributed by atoms with van der Waals surface area (Å²) in [6.07, 6.45) is 0.302. The van der Waals surface area contributed by atoms with Crippen LogP contribution in [0.15, 0.2) is 72.8 Å². The highest BCUT2D eigenvalue weighted by atomic mass is 16.5. The summed E-state index contributed by atoms with van der Waals surface area (Å²) in [6, 6.07) is 22.9. The number of rotatable bonds is 8. The van der Waals surface area contributed by atoms with Crippen molar-refractivity contribution in [2.75, 3.05) is 25.6 Å². The van der Waals surface area contributed by atoms with Crippen molar-refractivity contribution in [1.82, 2.24) is 4.90 Å². The first-order valence-corrected chi connectivity index (χ1v) is 10.4. The average Bonchev–Trinajstić information content (AvgIpc) is 2.82. The fourth-order valence-corrected chi connectivity index (χ4v) is 3.81. The summed E-state index contributed by atoms with van der Waals surface area (Å²) in [5.41, 5.74) is 8.60. The molecule has 7 nitrogen and oxygen atoms in total. The van der Waals surface area contributed by atoms with E-state index >= 15 is 0 Å². The first-order chi connectivity index (χ1) is 15.6. The van der Waals surface area contributed by atoms with Gasteiger partial charge in [0.25, 0.3) is 11.8 Å². The summed E-state index contributed by atoms with van der Waals surface area (Å²) in [7, 11) is 1.52. The minimum Gasteiger partial charge on any atom is -0.493 e. The Morgan fingerprint density at radius 3 is 2.53 bits per heavy atom. The van der Waals surface area contributed by atoms with E-state index in [9.17, 15) is 9.59 Å². The lowest BCUT2D eigenvalue weighted by molar-refractivity contribution is -0.119. The van der Waals surface area contributed by atoms with Crippen molar-refractivity contribution < 1.29 is 19.1 Å². The van der Waals surface area contributed by atoms with Crippen LogP contribution in [0.25, 0.3) is 0 Å². The molecule has 0 radical (unpaired) electrons. The second-order valence-electron chi connectivity index (χ2n) is 7.49. The van der Waals surface area contributed by atoms with Gasteiger partial charge >= 0.3 is 0 Å². The molecule has 1 atom stereocenters. The van der Waals surface area contributed by atoms with Crippen LogP contribution in [0.5, 0.6) is 11.5 Å². The van der Waals surface area contributed by atoms with Gasteiger partial charge in [0.15, 0.2) is 18.1 Å². The Hall–Kier alpha value is -4.00. The molecule has 0 bridgehead atoms. The molecule has 0 aliphatic carbocycles. The number of benzene rings is 3. The summed E-state index contributed by atoms with van der Waals surface area (Å²) < 4.78 is 10.9. The third-order valence-corrected chi connectivity index (χ3v) is 5.38. The average molecular weight is 431 g/mol. The van der Waals surface area contributed by atoms with Crippen LogP contribution >= 0.6 is 0 Å². The maximum atomic E-state index is 13.4. The molecule has 2 amide bonds. The lowest BCUT2D eigenvalue weighted by Gasteiger charge is -2.38. The topological polar surface area (TPSA) is 93.9 Å². The highest BCUT2D eigenvalue weighted by molar-refractivity contribution is 6.01. The SMILES string of the molecule is COc1ccc(C2Nc3ccccc3C(=O)N2CCc2ccccc2)cc1OCC(N)=O. The summed E-state index contributed by atoms with van der Waals surface area (Å²) in [4.78, 5) is 26.4.